The summed E-state index contributed by atoms with van der Waals surface area (Å²) in [6.07, 6.45) is 0.913. The molecule has 0 bridgehead atoms. The summed E-state index contributed by atoms with van der Waals surface area (Å²) in [6, 6.07) is 2.50. The standard InChI is InChI=1S/C13H16FNO4/c1-3-4-10(13(17)18)15-12(16)9-7-8(14)5-6-11(9)19-2/h5-7,10H,3-4H2,1-2H3,(H,15,16)(H,17,18). The minimum atomic E-state index is -1.12. The van der Waals surface area contributed by atoms with E-state index in [0.717, 1.165) is 12.1 Å². The molecule has 19 heavy (non-hydrogen) atoms. The third kappa shape index (κ3) is 3.94. The molecule has 0 spiro atoms. The Morgan fingerprint density at radius 1 is 1.47 bits per heavy atom. The van der Waals surface area contributed by atoms with Crippen molar-refractivity contribution in [3.8, 4) is 5.75 Å². The zero-order chi connectivity index (χ0) is 14.4. The average Bonchev–Trinajstić information content (AvgIpc) is 2.37. The highest BCUT2D eigenvalue weighted by Gasteiger charge is 2.21. The van der Waals surface area contributed by atoms with Crippen molar-refractivity contribution in [2.75, 3.05) is 7.11 Å². The van der Waals surface area contributed by atoms with Gasteiger partial charge < -0.3 is 15.2 Å². The Kier molecular flexibility index (Phi) is 5.29. The number of hydrogen-bond acceptors (Lipinski definition) is 3. The number of carbonyl (C=O) groups excluding carboxylic acids is 1. The number of aliphatic carboxylic acids is 1. The van der Waals surface area contributed by atoms with E-state index in [1.807, 2.05) is 6.92 Å². The first kappa shape index (κ1) is 14.9. The van der Waals surface area contributed by atoms with Crippen LogP contribution in [0.2, 0.25) is 0 Å². The highest BCUT2D eigenvalue weighted by molar-refractivity contribution is 5.98. The molecule has 0 saturated heterocycles. The highest BCUT2D eigenvalue weighted by Crippen LogP contribution is 2.19. The molecule has 1 unspecified atom stereocenters. The van der Waals surface area contributed by atoms with E-state index in [0.29, 0.717) is 12.8 Å². The molecule has 1 aromatic rings. The van der Waals surface area contributed by atoms with Gasteiger partial charge in [0.25, 0.3) is 5.91 Å². The molecule has 6 heteroatoms. The van der Waals surface area contributed by atoms with Gasteiger partial charge in [-0.1, -0.05) is 13.3 Å². The van der Waals surface area contributed by atoms with Crippen LogP contribution in [-0.4, -0.2) is 30.1 Å². The molecular formula is C13H16FNO4. The number of hydrogen-bond donors (Lipinski definition) is 2. The third-order valence-electron chi connectivity index (χ3n) is 2.59. The van der Waals surface area contributed by atoms with Gasteiger partial charge in [0.05, 0.1) is 12.7 Å². The second-order valence-corrected chi connectivity index (χ2v) is 4.00. The van der Waals surface area contributed by atoms with Crippen molar-refractivity contribution in [2.45, 2.75) is 25.8 Å². The number of ether oxygens (including phenoxy) is 1. The molecule has 0 aromatic heterocycles. The van der Waals surface area contributed by atoms with Crippen molar-refractivity contribution in [1.29, 1.82) is 0 Å². The van der Waals surface area contributed by atoms with Crippen molar-refractivity contribution in [3.05, 3.63) is 29.6 Å². The smallest absolute Gasteiger partial charge is 0.326 e. The number of carbonyl (C=O) groups is 2. The molecule has 0 aliphatic carbocycles. The van der Waals surface area contributed by atoms with Crippen molar-refractivity contribution < 1.29 is 23.8 Å². The lowest BCUT2D eigenvalue weighted by Gasteiger charge is -2.15. The van der Waals surface area contributed by atoms with E-state index in [1.54, 1.807) is 0 Å². The maximum absolute atomic E-state index is 13.1. The number of rotatable bonds is 6. The molecule has 104 valence electrons. The van der Waals surface area contributed by atoms with E-state index < -0.39 is 23.7 Å². The van der Waals surface area contributed by atoms with Crippen molar-refractivity contribution in [2.24, 2.45) is 0 Å². The quantitative estimate of drug-likeness (QED) is 0.826. The average molecular weight is 269 g/mol. The van der Waals surface area contributed by atoms with Crippen LogP contribution < -0.4 is 10.1 Å². The Bertz CT molecular complexity index is 476. The number of carboxylic acids is 1. The summed E-state index contributed by atoms with van der Waals surface area (Å²) in [5, 5.41) is 11.3. The van der Waals surface area contributed by atoms with Crippen molar-refractivity contribution >= 4 is 11.9 Å². The predicted molar refractivity (Wildman–Crippen MR) is 66.8 cm³/mol. The first-order valence-corrected chi connectivity index (χ1v) is 5.86. The molecule has 0 heterocycles. The normalized spacial score (nSPS) is 11.7. The highest BCUT2D eigenvalue weighted by atomic mass is 19.1. The van der Waals surface area contributed by atoms with Gasteiger partial charge in [0.1, 0.15) is 17.6 Å². The SMILES string of the molecule is CCCC(NC(=O)c1cc(F)ccc1OC)C(=O)O. The molecule has 0 radical (unpaired) electrons. The van der Waals surface area contributed by atoms with E-state index in [1.165, 1.54) is 13.2 Å². The number of nitrogens with one attached hydrogen (secondary N) is 1. The zero-order valence-corrected chi connectivity index (χ0v) is 10.8. The van der Waals surface area contributed by atoms with Crippen molar-refractivity contribution in [3.63, 3.8) is 0 Å². The lowest BCUT2D eigenvalue weighted by Crippen LogP contribution is -2.40. The van der Waals surface area contributed by atoms with Gasteiger partial charge in [0.15, 0.2) is 0 Å². The second kappa shape index (κ2) is 6.72. The Labute approximate surface area is 110 Å². The summed E-state index contributed by atoms with van der Waals surface area (Å²) in [5.74, 6) is -2.18. The minimum absolute atomic E-state index is 0.0233. The van der Waals surface area contributed by atoms with Gasteiger partial charge in [-0.15, -0.1) is 0 Å². The van der Waals surface area contributed by atoms with E-state index in [4.69, 9.17) is 9.84 Å². The zero-order valence-electron chi connectivity index (χ0n) is 10.8. The van der Waals surface area contributed by atoms with Crippen LogP contribution in [0.3, 0.4) is 0 Å². The van der Waals surface area contributed by atoms with Crippen LogP contribution in [-0.2, 0) is 4.79 Å². The molecule has 0 fully saturated rings. The molecule has 1 atom stereocenters. The summed E-state index contributed by atoms with van der Waals surface area (Å²) in [7, 11) is 1.35. The predicted octanol–water partition coefficient (Wildman–Crippen LogP) is 1.82. The van der Waals surface area contributed by atoms with E-state index in [9.17, 15) is 14.0 Å². The van der Waals surface area contributed by atoms with E-state index in [2.05, 4.69) is 5.32 Å². The molecule has 2 N–H and O–H groups in total. The molecule has 1 rings (SSSR count). The van der Waals surface area contributed by atoms with Gasteiger partial charge in [-0.2, -0.15) is 0 Å². The van der Waals surface area contributed by atoms with E-state index >= 15 is 0 Å². The van der Waals surface area contributed by atoms with E-state index in [-0.39, 0.29) is 11.3 Å². The molecule has 0 aliphatic heterocycles. The number of methoxy groups -OCH3 is 1. The fourth-order valence-corrected chi connectivity index (χ4v) is 1.64. The fraction of sp³-hybridized carbons (Fsp3) is 0.385. The fourth-order valence-electron chi connectivity index (χ4n) is 1.64. The van der Waals surface area contributed by atoms with Gasteiger partial charge in [-0.05, 0) is 24.6 Å². The number of benzene rings is 1. The van der Waals surface area contributed by atoms with Gasteiger partial charge in [-0.3, -0.25) is 4.79 Å². The van der Waals surface area contributed by atoms with Crippen LogP contribution in [0.5, 0.6) is 5.75 Å². The Morgan fingerprint density at radius 2 is 2.16 bits per heavy atom. The Hall–Kier alpha value is -2.11. The molecule has 0 saturated carbocycles. The van der Waals surface area contributed by atoms with Gasteiger partial charge >= 0.3 is 5.97 Å². The minimum Gasteiger partial charge on any atom is -0.496 e. The topological polar surface area (TPSA) is 75.6 Å². The lowest BCUT2D eigenvalue weighted by molar-refractivity contribution is -0.139. The maximum atomic E-state index is 13.1. The molecule has 5 nitrogen and oxygen atoms in total. The number of carboxylic acid groups (broad SMARTS) is 1. The largest absolute Gasteiger partial charge is 0.496 e. The maximum Gasteiger partial charge on any atom is 0.326 e. The first-order valence-electron chi connectivity index (χ1n) is 5.86. The Balaban J connectivity index is 2.93. The van der Waals surface area contributed by atoms with Crippen LogP contribution >= 0.6 is 0 Å². The molecule has 0 aliphatic rings. The lowest BCUT2D eigenvalue weighted by atomic mass is 10.1. The summed E-state index contributed by atoms with van der Waals surface area (Å²) in [6.45, 7) is 1.81. The first-order chi connectivity index (χ1) is 8.99. The van der Waals surface area contributed by atoms with Crippen LogP contribution in [0.15, 0.2) is 18.2 Å². The van der Waals surface area contributed by atoms with Crippen molar-refractivity contribution in [1.82, 2.24) is 5.32 Å². The van der Waals surface area contributed by atoms with Gasteiger partial charge in [0, 0.05) is 0 Å². The molecular weight excluding hydrogens is 253 g/mol. The van der Waals surface area contributed by atoms with Gasteiger partial charge in [-0.25, -0.2) is 9.18 Å². The monoisotopic (exact) mass is 269 g/mol. The summed E-state index contributed by atoms with van der Waals surface area (Å²) >= 11 is 0. The van der Waals surface area contributed by atoms with Crippen LogP contribution in [0, 0.1) is 5.82 Å². The second-order valence-electron chi connectivity index (χ2n) is 4.00. The third-order valence-corrected chi connectivity index (χ3v) is 2.59. The molecule has 1 amide bonds. The summed E-state index contributed by atoms with van der Waals surface area (Å²) in [5.41, 5.74) is -0.0233. The Morgan fingerprint density at radius 3 is 2.68 bits per heavy atom. The van der Waals surface area contributed by atoms with Crippen LogP contribution in [0.1, 0.15) is 30.1 Å². The summed E-state index contributed by atoms with van der Waals surface area (Å²) < 4.78 is 18.1. The number of halogens is 1. The summed E-state index contributed by atoms with van der Waals surface area (Å²) in [4.78, 5) is 22.9. The molecule has 1 aromatic carbocycles. The van der Waals surface area contributed by atoms with Crippen LogP contribution in [0.4, 0.5) is 4.39 Å². The number of amides is 1. The van der Waals surface area contributed by atoms with Gasteiger partial charge in [0.2, 0.25) is 0 Å². The van der Waals surface area contributed by atoms with Crippen LogP contribution in [0.25, 0.3) is 0 Å².